The maximum absolute atomic E-state index is 11.9. The highest BCUT2D eigenvalue weighted by atomic mass is 79.9. The minimum Gasteiger partial charge on any atom is -0.310 e. The number of sulfonamides is 1. The van der Waals surface area contributed by atoms with E-state index in [0.29, 0.717) is 22.0 Å². The number of primary sulfonamides is 1. The van der Waals surface area contributed by atoms with Crippen molar-refractivity contribution in [1.82, 2.24) is 0 Å². The van der Waals surface area contributed by atoms with Crippen LogP contribution in [0, 0.1) is 0 Å². The lowest BCUT2D eigenvalue weighted by Crippen LogP contribution is -2.32. The number of carbonyl (C=O) groups excluding carboxylic acids is 2. The molecule has 19 heavy (non-hydrogen) atoms. The van der Waals surface area contributed by atoms with Crippen LogP contribution in [0.3, 0.4) is 0 Å². The fourth-order valence-electron chi connectivity index (χ4n) is 1.99. The minimum absolute atomic E-state index is 0.0276. The van der Waals surface area contributed by atoms with Crippen LogP contribution in [0.5, 0.6) is 0 Å². The van der Waals surface area contributed by atoms with Crippen molar-refractivity contribution in [3.8, 4) is 0 Å². The number of hydrogen-bond acceptors (Lipinski definition) is 4. The second kappa shape index (κ2) is 5.03. The Morgan fingerprint density at radius 1 is 1.42 bits per heavy atom. The first-order valence-electron chi connectivity index (χ1n) is 5.39. The van der Waals surface area contributed by atoms with Crippen molar-refractivity contribution in [3.63, 3.8) is 0 Å². The summed E-state index contributed by atoms with van der Waals surface area (Å²) in [6, 6.07) is 4.84. The van der Waals surface area contributed by atoms with E-state index in [1.54, 1.807) is 18.2 Å². The van der Waals surface area contributed by atoms with Gasteiger partial charge < -0.3 is 4.90 Å². The molecule has 2 N–H and O–H groups in total. The number of carbonyl (C=O) groups is 2. The van der Waals surface area contributed by atoms with Crippen LogP contribution < -0.4 is 10.0 Å². The smallest absolute Gasteiger partial charge is 0.228 e. The normalized spacial score (nSPS) is 19.8. The molecule has 1 aliphatic heterocycles. The molecule has 0 bridgehead atoms. The van der Waals surface area contributed by atoms with E-state index in [4.69, 9.17) is 5.14 Å². The van der Waals surface area contributed by atoms with Gasteiger partial charge >= 0.3 is 0 Å². The summed E-state index contributed by atoms with van der Waals surface area (Å²) >= 11 is 3.23. The molecular formula is C11H11BrN2O4S. The van der Waals surface area contributed by atoms with Gasteiger partial charge in [0.25, 0.3) is 0 Å². The minimum atomic E-state index is -3.76. The largest absolute Gasteiger partial charge is 0.310 e. The van der Waals surface area contributed by atoms with Gasteiger partial charge in [0.2, 0.25) is 15.9 Å². The van der Waals surface area contributed by atoms with Crippen molar-refractivity contribution in [2.75, 3.05) is 11.4 Å². The van der Waals surface area contributed by atoms with Crippen molar-refractivity contribution in [3.05, 3.63) is 28.2 Å². The summed E-state index contributed by atoms with van der Waals surface area (Å²) in [5.41, 5.74) is 0.715. The molecule has 1 heterocycles. The maximum atomic E-state index is 11.9. The second-order valence-corrected chi connectivity index (χ2v) is 7.00. The van der Waals surface area contributed by atoms with Crippen LogP contribution in [0.1, 0.15) is 16.8 Å². The highest BCUT2D eigenvalue weighted by Crippen LogP contribution is 2.28. The molecule has 6 nitrogen and oxygen atoms in total. The van der Waals surface area contributed by atoms with E-state index >= 15 is 0 Å². The summed E-state index contributed by atoms with van der Waals surface area (Å²) in [5.74, 6) is -0.357. The van der Waals surface area contributed by atoms with Crippen molar-refractivity contribution in [1.29, 1.82) is 0 Å². The summed E-state index contributed by atoms with van der Waals surface area (Å²) in [7, 11) is -3.76. The maximum Gasteiger partial charge on any atom is 0.228 e. The summed E-state index contributed by atoms with van der Waals surface area (Å²) in [4.78, 5) is 24.2. The van der Waals surface area contributed by atoms with E-state index in [2.05, 4.69) is 15.9 Å². The number of amides is 1. The zero-order valence-electron chi connectivity index (χ0n) is 9.74. The molecule has 1 unspecified atom stereocenters. The van der Waals surface area contributed by atoms with Crippen LogP contribution in [0.2, 0.25) is 0 Å². The van der Waals surface area contributed by atoms with Gasteiger partial charge in [0.1, 0.15) is 5.25 Å². The van der Waals surface area contributed by atoms with Gasteiger partial charge in [-0.2, -0.15) is 0 Å². The van der Waals surface area contributed by atoms with Crippen LogP contribution >= 0.6 is 15.9 Å². The van der Waals surface area contributed by atoms with E-state index in [-0.39, 0.29) is 18.9 Å². The van der Waals surface area contributed by atoms with Crippen molar-refractivity contribution in [2.24, 2.45) is 5.14 Å². The molecule has 0 aromatic heterocycles. The van der Waals surface area contributed by atoms with Crippen molar-refractivity contribution >= 4 is 43.8 Å². The molecule has 1 aromatic rings. The lowest BCUT2D eigenvalue weighted by molar-refractivity contribution is -0.117. The highest BCUT2D eigenvalue weighted by molar-refractivity contribution is 9.10. The molecular weight excluding hydrogens is 336 g/mol. The predicted molar refractivity (Wildman–Crippen MR) is 73.4 cm³/mol. The zero-order chi connectivity index (χ0) is 14.2. The third-order valence-corrected chi connectivity index (χ3v) is 4.70. The first-order chi connectivity index (χ1) is 8.82. The first-order valence-corrected chi connectivity index (χ1v) is 7.80. The summed E-state index contributed by atoms with van der Waals surface area (Å²) < 4.78 is 23.3. The Morgan fingerprint density at radius 3 is 2.63 bits per heavy atom. The van der Waals surface area contributed by atoms with E-state index in [1.807, 2.05) is 0 Å². The summed E-state index contributed by atoms with van der Waals surface area (Å²) in [6.45, 7) is -0.0276. The van der Waals surface area contributed by atoms with Gasteiger partial charge in [-0.25, -0.2) is 13.6 Å². The molecule has 1 fully saturated rings. The molecule has 1 amide bonds. The van der Waals surface area contributed by atoms with Crippen LogP contribution in [0.15, 0.2) is 22.7 Å². The summed E-state index contributed by atoms with van der Waals surface area (Å²) in [5, 5.41) is 4.13. The Balaban J connectivity index is 2.38. The number of benzene rings is 1. The topological polar surface area (TPSA) is 97.5 Å². The molecule has 8 heteroatoms. The fourth-order valence-corrected chi connectivity index (χ4v) is 3.10. The Hall–Kier alpha value is -1.25. The van der Waals surface area contributed by atoms with E-state index in [0.717, 1.165) is 0 Å². The van der Waals surface area contributed by atoms with Gasteiger partial charge in [0.05, 0.1) is 5.69 Å². The Labute approximate surface area is 118 Å². The fraction of sp³-hybridized carbons (Fsp3) is 0.273. The molecule has 1 atom stereocenters. The van der Waals surface area contributed by atoms with Gasteiger partial charge in [-0.05, 0) is 18.2 Å². The number of nitrogens with two attached hydrogens (primary N) is 1. The molecule has 2 rings (SSSR count). The van der Waals surface area contributed by atoms with Gasteiger partial charge in [0.15, 0.2) is 6.29 Å². The molecule has 0 radical (unpaired) electrons. The predicted octanol–water partition coefficient (Wildman–Crippen LogP) is 0.655. The number of hydrogen-bond donors (Lipinski definition) is 1. The molecule has 0 spiro atoms. The summed E-state index contributed by atoms with van der Waals surface area (Å²) in [6.07, 6.45) is 0.463. The van der Waals surface area contributed by atoms with Crippen molar-refractivity contribution < 1.29 is 18.0 Å². The molecule has 1 saturated heterocycles. The van der Waals surface area contributed by atoms with Gasteiger partial charge in [-0.15, -0.1) is 0 Å². The third-order valence-electron chi connectivity index (χ3n) is 2.96. The SMILES string of the molecule is NS(=O)(=O)C1CC(=O)N(c2ccc(Br)cc2C=O)C1. The molecule has 0 saturated carbocycles. The van der Waals surface area contributed by atoms with Crippen LogP contribution in [0.25, 0.3) is 0 Å². The monoisotopic (exact) mass is 346 g/mol. The van der Waals surface area contributed by atoms with Gasteiger partial charge in [-0.1, -0.05) is 15.9 Å². The zero-order valence-corrected chi connectivity index (χ0v) is 12.1. The lowest BCUT2D eigenvalue weighted by atomic mass is 10.2. The van der Waals surface area contributed by atoms with Crippen LogP contribution in [0.4, 0.5) is 5.69 Å². The van der Waals surface area contributed by atoms with E-state index in [9.17, 15) is 18.0 Å². The molecule has 102 valence electrons. The van der Waals surface area contributed by atoms with Crippen molar-refractivity contribution in [2.45, 2.75) is 11.7 Å². The van der Waals surface area contributed by atoms with Crippen LogP contribution in [-0.2, 0) is 14.8 Å². The van der Waals surface area contributed by atoms with Crippen LogP contribution in [-0.4, -0.2) is 32.4 Å². The Morgan fingerprint density at radius 2 is 2.11 bits per heavy atom. The Bertz CT molecular complexity index is 644. The number of aldehydes is 1. The van der Waals surface area contributed by atoms with Gasteiger partial charge in [0, 0.05) is 23.0 Å². The lowest BCUT2D eigenvalue weighted by Gasteiger charge is -2.18. The average Bonchev–Trinajstić information content (AvgIpc) is 2.71. The molecule has 1 aromatic carbocycles. The quantitative estimate of drug-likeness (QED) is 0.812. The third kappa shape index (κ3) is 2.85. The Kier molecular flexibility index (Phi) is 3.75. The number of nitrogens with zero attached hydrogens (tertiary/aromatic N) is 1. The second-order valence-electron chi connectivity index (χ2n) is 4.24. The number of anilines is 1. The van der Waals surface area contributed by atoms with E-state index < -0.39 is 15.3 Å². The van der Waals surface area contributed by atoms with Gasteiger partial charge in [-0.3, -0.25) is 9.59 Å². The molecule has 1 aliphatic rings. The number of halogens is 1. The number of rotatable bonds is 3. The highest BCUT2D eigenvalue weighted by Gasteiger charge is 2.37. The average molecular weight is 347 g/mol. The first kappa shape index (κ1) is 14.2. The van der Waals surface area contributed by atoms with E-state index in [1.165, 1.54) is 4.90 Å². The molecule has 0 aliphatic carbocycles. The standard InChI is InChI=1S/C11H11BrN2O4S/c12-8-1-2-10(7(3-8)6-15)14-5-9(4-11(14)16)19(13,17)18/h1-3,6,9H,4-5H2,(H2,13,17,18).